The monoisotopic (exact) mass is 388 g/mol. The van der Waals surface area contributed by atoms with E-state index < -0.39 is 0 Å². The summed E-state index contributed by atoms with van der Waals surface area (Å²) in [5, 5.41) is 0. The largest absolute Gasteiger partial charge is 0.484 e. The van der Waals surface area contributed by atoms with Crippen molar-refractivity contribution < 1.29 is 28.2 Å². The van der Waals surface area contributed by atoms with Crippen molar-refractivity contribution >= 4 is 5.91 Å². The van der Waals surface area contributed by atoms with Crippen molar-refractivity contribution in [3.63, 3.8) is 0 Å². The van der Waals surface area contributed by atoms with Gasteiger partial charge in [0.15, 0.2) is 23.8 Å². The van der Waals surface area contributed by atoms with Crippen LogP contribution in [0.4, 0.5) is 0 Å². The number of fused-ring (bicyclic) bond motifs is 1. The highest BCUT2D eigenvalue weighted by atomic mass is 16.7. The molecule has 28 heavy (non-hydrogen) atoms. The zero-order valence-electron chi connectivity index (χ0n) is 16.1. The zero-order valence-corrected chi connectivity index (χ0v) is 16.1. The summed E-state index contributed by atoms with van der Waals surface area (Å²) < 4.78 is 27.6. The highest BCUT2D eigenvalue weighted by Crippen LogP contribution is 2.35. The molecule has 0 radical (unpaired) electrons. The predicted molar refractivity (Wildman–Crippen MR) is 98.6 cm³/mol. The number of carbonyl (C=O) groups excluding carboxylic acids is 1. The quantitative estimate of drug-likeness (QED) is 0.752. The summed E-state index contributed by atoms with van der Waals surface area (Å²) >= 11 is 0. The molecule has 3 heterocycles. The number of benzene rings is 1. The van der Waals surface area contributed by atoms with Gasteiger partial charge in [0.1, 0.15) is 12.0 Å². The average Bonchev–Trinajstić information content (AvgIpc) is 3.40. The van der Waals surface area contributed by atoms with Crippen LogP contribution in [0.25, 0.3) is 0 Å². The standard InChI is InChI=1S/C20H24N2O6/c1-3-20(4-2)12-22(7-8-28-20)19(23)15-10-25-18(21-15)11-24-14-5-6-16-17(9-14)27-13-26-16/h5-6,9-10H,3-4,7-8,11-13H2,1-2H3. The van der Waals surface area contributed by atoms with E-state index in [1.165, 1.54) is 6.26 Å². The summed E-state index contributed by atoms with van der Waals surface area (Å²) in [5.41, 5.74) is 0.00967. The fourth-order valence-electron chi connectivity index (χ4n) is 3.45. The molecule has 150 valence electrons. The lowest BCUT2D eigenvalue weighted by molar-refractivity contribution is -0.103. The van der Waals surface area contributed by atoms with Crippen molar-refractivity contribution in [2.24, 2.45) is 0 Å². The van der Waals surface area contributed by atoms with E-state index in [9.17, 15) is 4.79 Å². The zero-order chi connectivity index (χ0) is 19.6. The molecule has 2 aliphatic rings. The Morgan fingerprint density at radius 1 is 1.25 bits per heavy atom. The molecule has 0 spiro atoms. The molecule has 8 nitrogen and oxygen atoms in total. The van der Waals surface area contributed by atoms with Gasteiger partial charge >= 0.3 is 0 Å². The molecule has 2 aliphatic heterocycles. The molecule has 0 bridgehead atoms. The molecule has 0 aliphatic carbocycles. The van der Waals surface area contributed by atoms with E-state index in [1.54, 1.807) is 23.1 Å². The number of aromatic nitrogens is 1. The number of oxazole rings is 1. The molecule has 2 aromatic rings. The fourth-order valence-corrected chi connectivity index (χ4v) is 3.45. The van der Waals surface area contributed by atoms with Crippen LogP contribution >= 0.6 is 0 Å². The van der Waals surface area contributed by atoms with Crippen molar-refractivity contribution in [3.8, 4) is 17.2 Å². The van der Waals surface area contributed by atoms with Gasteiger partial charge in [-0.25, -0.2) is 4.98 Å². The minimum atomic E-state index is -0.275. The normalized spacial score (nSPS) is 17.6. The molecule has 1 amide bonds. The minimum absolute atomic E-state index is 0.115. The Bertz CT molecular complexity index is 845. The van der Waals surface area contributed by atoms with Gasteiger partial charge in [-0.2, -0.15) is 0 Å². The number of nitrogens with zero attached hydrogens (tertiary/aromatic N) is 2. The first kappa shape index (κ1) is 18.6. The lowest BCUT2D eigenvalue weighted by Crippen LogP contribution is -2.53. The maximum Gasteiger partial charge on any atom is 0.275 e. The highest BCUT2D eigenvalue weighted by molar-refractivity contribution is 5.92. The second-order valence-corrected chi connectivity index (χ2v) is 6.90. The predicted octanol–water partition coefficient (Wildman–Crippen LogP) is 3.01. The third kappa shape index (κ3) is 3.64. The molecule has 0 N–H and O–H groups in total. The lowest BCUT2D eigenvalue weighted by atomic mass is 9.95. The Balaban J connectivity index is 1.38. The van der Waals surface area contributed by atoms with E-state index in [1.807, 2.05) is 0 Å². The first-order valence-corrected chi connectivity index (χ1v) is 9.52. The Kier molecular flexibility index (Phi) is 5.13. The third-order valence-electron chi connectivity index (χ3n) is 5.30. The fraction of sp³-hybridized carbons (Fsp3) is 0.500. The van der Waals surface area contributed by atoms with Crippen molar-refractivity contribution in [1.29, 1.82) is 0 Å². The van der Waals surface area contributed by atoms with Gasteiger partial charge in [0.25, 0.3) is 5.91 Å². The Labute approximate surface area is 163 Å². The van der Waals surface area contributed by atoms with Crippen LogP contribution in [-0.2, 0) is 11.3 Å². The van der Waals surface area contributed by atoms with Crippen LogP contribution in [-0.4, -0.2) is 47.9 Å². The number of ether oxygens (including phenoxy) is 4. The molecule has 1 aromatic carbocycles. The molecular formula is C20H24N2O6. The van der Waals surface area contributed by atoms with Gasteiger partial charge in [-0.15, -0.1) is 0 Å². The molecule has 1 saturated heterocycles. The number of carbonyl (C=O) groups is 1. The summed E-state index contributed by atoms with van der Waals surface area (Å²) in [7, 11) is 0. The smallest absolute Gasteiger partial charge is 0.275 e. The lowest BCUT2D eigenvalue weighted by Gasteiger charge is -2.41. The van der Waals surface area contributed by atoms with Crippen LogP contribution in [0.2, 0.25) is 0 Å². The molecule has 1 aromatic heterocycles. The van der Waals surface area contributed by atoms with Crippen molar-refractivity contribution in [3.05, 3.63) is 36.0 Å². The number of hydrogen-bond donors (Lipinski definition) is 0. The molecule has 0 unspecified atom stereocenters. The summed E-state index contributed by atoms with van der Waals surface area (Å²) in [4.78, 5) is 18.9. The van der Waals surface area contributed by atoms with Gasteiger partial charge in [0.05, 0.1) is 18.8 Å². The van der Waals surface area contributed by atoms with E-state index >= 15 is 0 Å². The maximum absolute atomic E-state index is 12.8. The molecule has 8 heteroatoms. The molecule has 0 atom stereocenters. The van der Waals surface area contributed by atoms with E-state index in [4.69, 9.17) is 23.4 Å². The van der Waals surface area contributed by atoms with E-state index in [-0.39, 0.29) is 30.6 Å². The second-order valence-electron chi connectivity index (χ2n) is 6.90. The minimum Gasteiger partial charge on any atom is -0.484 e. The van der Waals surface area contributed by atoms with Gasteiger partial charge in [-0.1, -0.05) is 13.8 Å². The van der Waals surface area contributed by atoms with Crippen molar-refractivity contribution in [2.45, 2.75) is 38.9 Å². The van der Waals surface area contributed by atoms with Gasteiger partial charge in [-0.3, -0.25) is 4.79 Å². The van der Waals surface area contributed by atoms with Crippen molar-refractivity contribution in [1.82, 2.24) is 9.88 Å². The second kappa shape index (κ2) is 7.71. The number of morpholine rings is 1. The van der Waals surface area contributed by atoms with Gasteiger partial charge in [0.2, 0.25) is 12.7 Å². The number of hydrogen-bond acceptors (Lipinski definition) is 7. The summed E-state index contributed by atoms with van der Waals surface area (Å²) in [6, 6.07) is 5.32. The highest BCUT2D eigenvalue weighted by Gasteiger charge is 2.36. The molecule has 0 saturated carbocycles. The first-order chi connectivity index (χ1) is 13.6. The SMILES string of the molecule is CCC1(CC)CN(C(=O)c2coc(COc3ccc4c(c3)OCO4)n2)CCO1. The van der Waals surface area contributed by atoms with Crippen molar-refractivity contribution in [2.75, 3.05) is 26.5 Å². The first-order valence-electron chi connectivity index (χ1n) is 9.52. The summed E-state index contributed by atoms with van der Waals surface area (Å²) in [6.07, 6.45) is 3.11. The number of amides is 1. The van der Waals surface area contributed by atoms with E-state index in [2.05, 4.69) is 18.8 Å². The molecule has 4 rings (SSSR count). The van der Waals surface area contributed by atoms with Crippen LogP contribution < -0.4 is 14.2 Å². The summed E-state index contributed by atoms with van der Waals surface area (Å²) in [6.45, 7) is 6.14. The summed E-state index contributed by atoms with van der Waals surface area (Å²) in [5.74, 6) is 2.14. The molecular weight excluding hydrogens is 364 g/mol. The molecule has 1 fully saturated rings. The Morgan fingerprint density at radius 2 is 2.07 bits per heavy atom. The van der Waals surface area contributed by atoms with Crippen LogP contribution in [0.15, 0.2) is 28.9 Å². The third-order valence-corrected chi connectivity index (χ3v) is 5.30. The van der Waals surface area contributed by atoms with E-state index in [0.29, 0.717) is 42.8 Å². The maximum atomic E-state index is 12.8. The van der Waals surface area contributed by atoms with Gasteiger partial charge < -0.3 is 28.3 Å². The number of rotatable bonds is 6. The average molecular weight is 388 g/mol. The van der Waals surface area contributed by atoms with Crippen LogP contribution in [0.1, 0.15) is 43.1 Å². The van der Waals surface area contributed by atoms with Crippen LogP contribution in [0.5, 0.6) is 17.2 Å². The van der Waals surface area contributed by atoms with Crippen LogP contribution in [0.3, 0.4) is 0 Å². The van der Waals surface area contributed by atoms with E-state index in [0.717, 1.165) is 12.8 Å². The Hall–Kier alpha value is -2.74. The van der Waals surface area contributed by atoms with Gasteiger partial charge in [0, 0.05) is 12.6 Å². The van der Waals surface area contributed by atoms with Crippen LogP contribution in [0, 0.1) is 0 Å². The Morgan fingerprint density at radius 3 is 2.89 bits per heavy atom. The topological polar surface area (TPSA) is 83.3 Å². The van der Waals surface area contributed by atoms with Gasteiger partial charge in [-0.05, 0) is 25.0 Å².